The summed E-state index contributed by atoms with van der Waals surface area (Å²) in [6.45, 7) is 1.59. The van der Waals surface area contributed by atoms with Crippen molar-refractivity contribution in [1.29, 1.82) is 0 Å². The van der Waals surface area contributed by atoms with Crippen LogP contribution < -0.4 is 15.5 Å². The van der Waals surface area contributed by atoms with Crippen LogP contribution in [0.4, 0.5) is 10.1 Å². The van der Waals surface area contributed by atoms with E-state index in [2.05, 4.69) is 10.6 Å². The molecule has 0 bridgehead atoms. The topological polar surface area (TPSA) is 105 Å². The number of furan rings is 2. The highest BCUT2D eigenvalue weighted by atomic mass is 19.1. The number of amides is 3. The van der Waals surface area contributed by atoms with Crippen LogP contribution in [-0.4, -0.2) is 24.3 Å². The van der Waals surface area contributed by atoms with Crippen LogP contribution in [0.15, 0.2) is 94.2 Å². The van der Waals surface area contributed by atoms with E-state index in [0.29, 0.717) is 11.3 Å². The third-order valence-corrected chi connectivity index (χ3v) is 5.44. The molecule has 4 aromatic rings. The van der Waals surface area contributed by atoms with E-state index in [1.165, 1.54) is 47.8 Å². The molecule has 0 aliphatic carbocycles. The van der Waals surface area contributed by atoms with Gasteiger partial charge in [0.1, 0.15) is 17.6 Å². The quantitative estimate of drug-likeness (QED) is 0.368. The molecule has 2 N–H and O–H groups in total. The van der Waals surface area contributed by atoms with Crippen LogP contribution in [0.25, 0.3) is 0 Å². The SMILES string of the molecule is Cc1ccc([C@@H](C(=O)NCc2ccco2)N(C(=O)CNC(=O)c2ccco2)c2ccc(F)cc2)cc1. The van der Waals surface area contributed by atoms with Crippen LogP contribution in [0.3, 0.4) is 0 Å². The second kappa shape index (κ2) is 11.2. The predicted molar refractivity (Wildman–Crippen MR) is 129 cm³/mol. The molecule has 36 heavy (non-hydrogen) atoms. The number of rotatable bonds is 9. The molecule has 0 saturated heterocycles. The Morgan fingerprint density at radius 3 is 2.22 bits per heavy atom. The van der Waals surface area contributed by atoms with Gasteiger partial charge in [-0.25, -0.2) is 4.39 Å². The van der Waals surface area contributed by atoms with Crippen LogP contribution in [-0.2, 0) is 16.1 Å². The van der Waals surface area contributed by atoms with Crippen LogP contribution in [0, 0.1) is 12.7 Å². The van der Waals surface area contributed by atoms with Crippen LogP contribution in [0.1, 0.15) is 33.5 Å². The maximum atomic E-state index is 13.7. The van der Waals surface area contributed by atoms with E-state index < -0.39 is 36.1 Å². The smallest absolute Gasteiger partial charge is 0.287 e. The molecule has 3 amide bonds. The predicted octanol–water partition coefficient (Wildman–Crippen LogP) is 4.14. The Labute approximate surface area is 206 Å². The van der Waals surface area contributed by atoms with Crippen molar-refractivity contribution >= 4 is 23.4 Å². The maximum Gasteiger partial charge on any atom is 0.287 e. The molecule has 8 nitrogen and oxygen atoms in total. The number of hydrogen-bond acceptors (Lipinski definition) is 5. The molecule has 0 unspecified atom stereocenters. The number of anilines is 1. The standard InChI is InChI=1S/C27H24FN3O5/c1-18-6-8-19(9-7-18)25(27(34)29-16-22-4-2-14-35-22)31(21-12-10-20(28)11-13-21)24(32)17-30-26(33)23-5-3-15-36-23/h2-15,25H,16-17H2,1H3,(H,29,34)(H,30,33)/t25-/m0/s1. The van der Waals surface area contributed by atoms with Gasteiger partial charge in [-0.15, -0.1) is 0 Å². The lowest BCUT2D eigenvalue weighted by Crippen LogP contribution is -2.47. The lowest BCUT2D eigenvalue weighted by molar-refractivity contribution is -0.126. The Morgan fingerprint density at radius 1 is 0.889 bits per heavy atom. The third-order valence-electron chi connectivity index (χ3n) is 5.44. The maximum absolute atomic E-state index is 13.7. The molecular formula is C27H24FN3O5. The third kappa shape index (κ3) is 5.87. The number of carbonyl (C=O) groups is 3. The number of halogens is 1. The molecule has 0 aliphatic rings. The van der Waals surface area contributed by atoms with Gasteiger partial charge in [-0.1, -0.05) is 29.8 Å². The Bertz CT molecular complexity index is 1300. The minimum absolute atomic E-state index is 0.0439. The molecule has 2 heterocycles. The summed E-state index contributed by atoms with van der Waals surface area (Å²) >= 11 is 0. The first kappa shape index (κ1) is 24.5. The largest absolute Gasteiger partial charge is 0.467 e. The van der Waals surface area contributed by atoms with E-state index in [1.54, 1.807) is 30.3 Å². The molecule has 184 valence electrons. The molecular weight excluding hydrogens is 465 g/mol. The first-order chi connectivity index (χ1) is 17.4. The Hall–Kier alpha value is -4.66. The highest BCUT2D eigenvalue weighted by Gasteiger charge is 2.33. The van der Waals surface area contributed by atoms with Gasteiger partial charge in [-0.05, 0) is 61.0 Å². The Morgan fingerprint density at radius 2 is 1.58 bits per heavy atom. The second-order valence-electron chi connectivity index (χ2n) is 8.01. The van der Waals surface area contributed by atoms with Gasteiger partial charge in [0.15, 0.2) is 5.76 Å². The lowest BCUT2D eigenvalue weighted by atomic mass is 10.0. The van der Waals surface area contributed by atoms with Gasteiger partial charge in [-0.2, -0.15) is 0 Å². The van der Waals surface area contributed by atoms with Gasteiger partial charge in [0.05, 0.1) is 25.6 Å². The number of aryl methyl sites for hydroxylation is 1. The van der Waals surface area contributed by atoms with Crippen molar-refractivity contribution in [2.75, 3.05) is 11.4 Å². The summed E-state index contributed by atoms with van der Waals surface area (Å²) in [6.07, 6.45) is 2.84. The van der Waals surface area contributed by atoms with Crippen molar-refractivity contribution in [3.8, 4) is 0 Å². The summed E-state index contributed by atoms with van der Waals surface area (Å²) in [5.74, 6) is -1.56. The summed E-state index contributed by atoms with van der Waals surface area (Å²) in [5, 5.41) is 5.31. The van der Waals surface area contributed by atoms with Crippen molar-refractivity contribution in [2.24, 2.45) is 0 Å². The minimum Gasteiger partial charge on any atom is -0.467 e. The molecule has 2 aromatic heterocycles. The van der Waals surface area contributed by atoms with Gasteiger partial charge in [0.25, 0.3) is 5.91 Å². The monoisotopic (exact) mass is 489 g/mol. The van der Waals surface area contributed by atoms with E-state index in [0.717, 1.165) is 5.56 Å². The zero-order valence-electron chi connectivity index (χ0n) is 19.4. The van der Waals surface area contributed by atoms with Gasteiger partial charge in [0.2, 0.25) is 11.8 Å². The van der Waals surface area contributed by atoms with E-state index in [-0.39, 0.29) is 18.0 Å². The lowest BCUT2D eigenvalue weighted by Gasteiger charge is -2.31. The molecule has 1 atom stereocenters. The number of hydrogen-bond donors (Lipinski definition) is 2. The number of carbonyl (C=O) groups excluding carboxylic acids is 3. The van der Waals surface area contributed by atoms with Gasteiger partial charge in [-0.3, -0.25) is 19.3 Å². The minimum atomic E-state index is -1.11. The Kier molecular flexibility index (Phi) is 7.60. The van der Waals surface area contributed by atoms with Crippen LogP contribution >= 0.6 is 0 Å². The second-order valence-corrected chi connectivity index (χ2v) is 8.01. The summed E-state index contributed by atoms with van der Waals surface area (Å²) < 4.78 is 24.1. The number of nitrogens with one attached hydrogen (secondary N) is 2. The normalized spacial score (nSPS) is 11.5. The average Bonchev–Trinajstić information content (AvgIpc) is 3.60. The molecule has 4 rings (SSSR count). The fourth-order valence-corrected chi connectivity index (χ4v) is 3.63. The molecule has 0 spiro atoms. The summed E-state index contributed by atoms with van der Waals surface area (Å²) in [6, 6.07) is 17.7. The molecule has 0 fully saturated rings. The van der Waals surface area contributed by atoms with Gasteiger partial charge in [0, 0.05) is 5.69 Å². The average molecular weight is 490 g/mol. The summed E-state index contributed by atoms with van der Waals surface area (Å²) in [5.41, 5.74) is 1.79. The first-order valence-electron chi connectivity index (χ1n) is 11.2. The zero-order chi connectivity index (χ0) is 25.5. The van der Waals surface area contributed by atoms with Crippen molar-refractivity contribution < 1.29 is 27.6 Å². The molecule has 0 aliphatic heterocycles. The van der Waals surface area contributed by atoms with Crippen molar-refractivity contribution in [3.63, 3.8) is 0 Å². The number of nitrogens with zero attached hydrogens (tertiary/aromatic N) is 1. The molecule has 0 radical (unpaired) electrons. The highest BCUT2D eigenvalue weighted by molar-refractivity contribution is 6.04. The Balaban J connectivity index is 1.67. The molecule has 0 saturated carbocycles. The van der Waals surface area contributed by atoms with Gasteiger partial charge < -0.3 is 19.5 Å². The van der Waals surface area contributed by atoms with Crippen molar-refractivity contribution in [3.05, 3.63) is 114 Å². The zero-order valence-corrected chi connectivity index (χ0v) is 19.4. The fraction of sp³-hybridized carbons (Fsp3) is 0.148. The molecule has 9 heteroatoms. The van der Waals surface area contributed by atoms with E-state index >= 15 is 0 Å². The van der Waals surface area contributed by atoms with Crippen LogP contribution in [0.5, 0.6) is 0 Å². The molecule has 2 aromatic carbocycles. The first-order valence-corrected chi connectivity index (χ1v) is 11.2. The van der Waals surface area contributed by atoms with Crippen molar-refractivity contribution in [1.82, 2.24) is 10.6 Å². The highest BCUT2D eigenvalue weighted by Crippen LogP contribution is 2.29. The van der Waals surface area contributed by atoms with E-state index in [4.69, 9.17) is 8.83 Å². The summed E-state index contributed by atoms with van der Waals surface area (Å²) in [7, 11) is 0. The van der Waals surface area contributed by atoms with Crippen LogP contribution in [0.2, 0.25) is 0 Å². The van der Waals surface area contributed by atoms with Gasteiger partial charge >= 0.3 is 0 Å². The van der Waals surface area contributed by atoms with E-state index in [9.17, 15) is 18.8 Å². The van der Waals surface area contributed by atoms with E-state index in [1.807, 2.05) is 19.1 Å². The summed E-state index contributed by atoms with van der Waals surface area (Å²) in [4.78, 5) is 40.6. The fourth-order valence-electron chi connectivity index (χ4n) is 3.63. The number of benzene rings is 2. The van der Waals surface area contributed by atoms with Crippen molar-refractivity contribution in [2.45, 2.75) is 19.5 Å².